The van der Waals surface area contributed by atoms with Gasteiger partial charge in [0.2, 0.25) is 0 Å². The maximum absolute atomic E-state index is 5.75. The van der Waals surface area contributed by atoms with Gasteiger partial charge in [0.05, 0.1) is 0 Å². The maximum atomic E-state index is 5.75. The van der Waals surface area contributed by atoms with E-state index < -0.39 is 0 Å². The first-order valence-corrected chi connectivity index (χ1v) is 5.11. The van der Waals surface area contributed by atoms with E-state index in [9.17, 15) is 0 Å². The summed E-state index contributed by atoms with van der Waals surface area (Å²) < 4.78 is 0. The summed E-state index contributed by atoms with van der Waals surface area (Å²) in [5.41, 5.74) is 5.75. The fourth-order valence-corrected chi connectivity index (χ4v) is 1.99. The number of nitrogens with zero attached hydrogens (tertiary/aromatic N) is 1. The van der Waals surface area contributed by atoms with Crippen molar-refractivity contribution in [3.05, 3.63) is 0 Å². The zero-order chi connectivity index (χ0) is 9.14. The van der Waals surface area contributed by atoms with Gasteiger partial charge in [-0.25, -0.2) is 0 Å². The van der Waals surface area contributed by atoms with E-state index in [2.05, 4.69) is 25.7 Å². The second kappa shape index (κ2) is 4.24. The number of likely N-dealkylation sites (tertiary alicyclic amines) is 1. The molecule has 1 saturated heterocycles. The Morgan fingerprint density at radius 1 is 1.50 bits per heavy atom. The second-order valence-electron chi connectivity index (χ2n) is 4.39. The highest BCUT2D eigenvalue weighted by molar-refractivity contribution is 4.86. The van der Waals surface area contributed by atoms with E-state index in [0.717, 1.165) is 18.5 Å². The van der Waals surface area contributed by atoms with E-state index in [1.807, 2.05) is 0 Å². The Morgan fingerprint density at radius 3 is 2.42 bits per heavy atom. The second-order valence-corrected chi connectivity index (χ2v) is 4.39. The van der Waals surface area contributed by atoms with Crippen molar-refractivity contribution < 1.29 is 0 Å². The van der Waals surface area contributed by atoms with Crippen LogP contribution in [0.4, 0.5) is 0 Å². The minimum atomic E-state index is 0.633. The summed E-state index contributed by atoms with van der Waals surface area (Å²) in [6.45, 7) is 8.92. The van der Waals surface area contributed by atoms with Gasteiger partial charge in [0.25, 0.3) is 0 Å². The molecule has 1 aliphatic rings. The molecule has 0 aromatic carbocycles. The zero-order valence-electron chi connectivity index (χ0n) is 8.59. The molecule has 72 valence electrons. The van der Waals surface area contributed by atoms with Crippen molar-refractivity contribution in [1.29, 1.82) is 0 Å². The molecule has 0 aromatic heterocycles. The molecule has 0 bridgehead atoms. The van der Waals surface area contributed by atoms with E-state index in [1.54, 1.807) is 0 Å². The summed E-state index contributed by atoms with van der Waals surface area (Å²) in [4.78, 5) is 2.54. The minimum Gasteiger partial charge on any atom is -0.329 e. The van der Waals surface area contributed by atoms with Crippen LogP contribution in [0.25, 0.3) is 0 Å². The van der Waals surface area contributed by atoms with Gasteiger partial charge in [-0.1, -0.05) is 13.8 Å². The average Bonchev–Trinajstić information content (AvgIpc) is 1.99. The van der Waals surface area contributed by atoms with Crippen molar-refractivity contribution in [2.45, 2.75) is 45.7 Å². The third-order valence-corrected chi connectivity index (χ3v) is 2.86. The highest BCUT2D eigenvalue weighted by Gasteiger charge is 2.29. The first-order chi connectivity index (χ1) is 5.65. The fourth-order valence-electron chi connectivity index (χ4n) is 1.99. The summed E-state index contributed by atoms with van der Waals surface area (Å²) >= 11 is 0. The lowest BCUT2D eigenvalue weighted by atomic mass is 9.95. The molecule has 0 saturated carbocycles. The number of hydrogen-bond donors (Lipinski definition) is 1. The van der Waals surface area contributed by atoms with Gasteiger partial charge in [0.15, 0.2) is 0 Å². The quantitative estimate of drug-likeness (QED) is 0.692. The third-order valence-electron chi connectivity index (χ3n) is 2.86. The van der Waals surface area contributed by atoms with Crippen LogP contribution >= 0.6 is 0 Å². The first kappa shape index (κ1) is 10.0. The topological polar surface area (TPSA) is 29.3 Å². The lowest BCUT2D eigenvalue weighted by Gasteiger charge is -2.44. The molecule has 2 atom stereocenters. The van der Waals surface area contributed by atoms with Crippen LogP contribution in [0.3, 0.4) is 0 Å². The largest absolute Gasteiger partial charge is 0.329 e. The maximum Gasteiger partial charge on any atom is 0.0223 e. The van der Waals surface area contributed by atoms with Crippen molar-refractivity contribution in [1.82, 2.24) is 4.90 Å². The van der Waals surface area contributed by atoms with Crippen LogP contribution in [0.5, 0.6) is 0 Å². The van der Waals surface area contributed by atoms with Crippen molar-refractivity contribution in [3.8, 4) is 0 Å². The Labute approximate surface area is 76.1 Å². The van der Waals surface area contributed by atoms with Gasteiger partial charge >= 0.3 is 0 Å². The molecule has 0 spiro atoms. The molecular weight excluding hydrogens is 148 g/mol. The Morgan fingerprint density at radius 2 is 2.17 bits per heavy atom. The van der Waals surface area contributed by atoms with Crippen LogP contribution in [0, 0.1) is 5.92 Å². The standard InChI is InChI=1S/C10H22N2/c1-8(2)6-10(7-11)12-5-4-9(12)3/h8-10H,4-7,11H2,1-3H3. The molecular formula is C10H22N2. The summed E-state index contributed by atoms with van der Waals surface area (Å²) in [7, 11) is 0. The van der Waals surface area contributed by atoms with E-state index in [4.69, 9.17) is 5.73 Å². The van der Waals surface area contributed by atoms with Crippen molar-refractivity contribution in [3.63, 3.8) is 0 Å². The molecule has 2 N–H and O–H groups in total. The van der Waals surface area contributed by atoms with Crippen LogP contribution < -0.4 is 5.73 Å². The van der Waals surface area contributed by atoms with Crippen molar-refractivity contribution in [2.75, 3.05) is 13.1 Å². The van der Waals surface area contributed by atoms with E-state index >= 15 is 0 Å². The summed E-state index contributed by atoms with van der Waals surface area (Å²) in [6.07, 6.45) is 2.61. The Bertz CT molecular complexity index is 134. The van der Waals surface area contributed by atoms with Crippen LogP contribution in [0.2, 0.25) is 0 Å². The zero-order valence-corrected chi connectivity index (χ0v) is 8.59. The lowest BCUT2D eigenvalue weighted by Crippen LogP contribution is -2.54. The molecule has 1 heterocycles. The SMILES string of the molecule is CC(C)CC(CN)N1CCC1C. The molecule has 12 heavy (non-hydrogen) atoms. The molecule has 0 amide bonds. The van der Waals surface area contributed by atoms with Gasteiger partial charge < -0.3 is 5.73 Å². The fraction of sp³-hybridized carbons (Fsp3) is 1.00. The minimum absolute atomic E-state index is 0.633. The monoisotopic (exact) mass is 170 g/mol. The normalized spacial score (nSPS) is 27.2. The predicted molar refractivity (Wildman–Crippen MR) is 53.1 cm³/mol. The molecule has 2 unspecified atom stereocenters. The van der Waals surface area contributed by atoms with Gasteiger partial charge in [-0.2, -0.15) is 0 Å². The first-order valence-electron chi connectivity index (χ1n) is 5.11. The Balaban J connectivity index is 2.34. The van der Waals surface area contributed by atoms with Crippen molar-refractivity contribution in [2.24, 2.45) is 11.7 Å². The molecule has 0 aliphatic carbocycles. The summed E-state index contributed by atoms with van der Waals surface area (Å²) in [5, 5.41) is 0. The lowest BCUT2D eigenvalue weighted by molar-refractivity contribution is 0.0464. The predicted octanol–water partition coefficient (Wildman–Crippen LogP) is 1.45. The molecule has 1 aliphatic heterocycles. The van der Waals surface area contributed by atoms with Gasteiger partial charge in [0, 0.05) is 25.2 Å². The van der Waals surface area contributed by atoms with Crippen LogP contribution in [-0.4, -0.2) is 30.1 Å². The molecule has 2 nitrogen and oxygen atoms in total. The molecule has 0 aromatic rings. The van der Waals surface area contributed by atoms with Crippen LogP contribution in [0.1, 0.15) is 33.6 Å². The molecule has 2 heteroatoms. The number of rotatable bonds is 4. The number of nitrogens with two attached hydrogens (primary N) is 1. The Kier molecular flexibility index (Phi) is 3.53. The highest BCUT2D eigenvalue weighted by Crippen LogP contribution is 2.22. The van der Waals surface area contributed by atoms with E-state index in [1.165, 1.54) is 19.4 Å². The van der Waals surface area contributed by atoms with E-state index in [0.29, 0.717) is 6.04 Å². The average molecular weight is 170 g/mol. The van der Waals surface area contributed by atoms with Gasteiger partial charge in [-0.3, -0.25) is 4.90 Å². The third kappa shape index (κ3) is 2.20. The van der Waals surface area contributed by atoms with Crippen LogP contribution in [-0.2, 0) is 0 Å². The molecule has 1 fully saturated rings. The smallest absolute Gasteiger partial charge is 0.0223 e. The number of hydrogen-bond acceptors (Lipinski definition) is 2. The Hall–Kier alpha value is -0.0800. The van der Waals surface area contributed by atoms with Gasteiger partial charge in [-0.05, 0) is 25.7 Å². The highest BCUT2D eigenvalue weighted by atomic mass is 15.2. The van der Waals surface area contributed by atoms with Gasteiger partial charge in [0.1, 0.15) is 0 Å². The molecule has 0 radical (unpaired) electrons. The summed E-state index contributed by atoms with van der Waals surface area (Å²) in [6, 6.07) is 1.41. The molecule has 1 rings (SSSR count). The van der Waals surface area contributed by atoms with Crippen LogP contribution in [0.15, 0.2) is 0 Å². The summed E-state index contributed by atoms with van der Waals surface area (Å²) in [5.74, 6) is 0.770. The van der Waals surface area contributed by atoms with E-state index in [-0.39, 0.29) is 0 Å². The van der Waals surface area contributed by atoms with Crippen molar-refractivity contribution >= 4 is 0 Å². The van der Waals surface area contributed by atoms with Gasteiger partial charge in [-0.15, -0.1) is 0 Å².